The lowest BCUT2D eigenvalue weighted by Crippen LogP contribution is -2.23. The van der Waals surface area contributed by atoms with E-state index in [1.54, 1.807) is 7.11 Å². The molecule has 0 unspecified atom stereocenters. The molecular formula is C11H23NO2. The van der Waals surface area contributed by atoms with E-state index in [1.165, 1.54) is 32.1 Å². The first-order chi connectivity index (χ1) is 6.93. The van der Waals surface area contributed by atoms with Gasteiger partial charge in [-0.15, -0.1) is 0 Å². The molecule has 1 N–H and O–H groups in total. The number of methoxy groups -OCH3 is 1. The van der Waals surface area contributed by atoms with Crippen LogP contribution < -0.4 is 5.32 Å². The normalized spacial score (nSPS) is 16.9. The third kappa shape index (κ3) is 5.58. The van der Waals surface area contributed by atoms with Gasteiger partial charge in [0.1, 0.15) is 0 Å². The van der Waals surface area contributed by atoms with Gasteiger partial charge in [-0.05, 0) is 38.6 Å². The van der Waals surface area contributed by atoms with Crippen LogP contribution in [0.1, 0.15) is 32.1 Å². The molecule has 3 nitrogen and oxygen atoms in total. The minimum absolute atomic E-state index is 0.594. The molecule has 84 valence electrons. The molecule has 0 aromatic carbocycles. The average Bonchev–Trinajstić information content (AvgIpc) is 2.13. The van der Waals surface area contributed by atoms with Gasteiger partial charge in [0, 0.05) is 20.3 Å². The van der Waals surface area contributed by atoms with E-state index in [4.69, 9.17) is 9.47 Å². The second-order valence-corrected chi connectivity index (χ2v) is 3.87. The van der Waals surface area contributed by atoms with Crippen molar-refractivity contribution in [3.05, 3.63) is 0 Å². The molecule has 1 rings (SSSR count). The van der Waals surface area contributed by atoms with Crippen molar-refractivity contribution in [1.29, 1.82) is 0 Å². The summed E-state index contributed by atoms with van der Waals surface area (Å²) >= 11 is 0. The summed E-state index contributed by atoms with van der Waals surface area (Å²) in [4.78, 5) is 0. The Balaban J connectivity index is 1.67. The maximum Gasteiger partial charge on any atom is 0.0587 e. The van der Waals surface area contributed by atoms with Crippen molar-refractivity contribution in [1.82, 2.24) is 5.32 Å². The van der Waals surface area contributed by atoms with Crippen LogP contribution in [0.2, 0.25) is 0 Å². The highest BCUT2D eigenvalue weighted by molar-refractivity contribution is 4.68. The van der Waals surface area contributed by atoms with Gasteiger partial charge in [-0.25, -0.2) is 0 Å². The molecule has 14 heavy (non-hydrogen) atoms. The first kappa shape index (κ1) is 12.0. The van der Waals surface area contributed by atoms with E-state index in [-0.39, 0.29) is 0 Å². The van der Waals surface area contributed by atoms with Gasteiger partial charge in [0.2, 0.25) is 0 Å². The summed E-state index contributed by atoms with van der Waals surface area (Å²) in [5.74, 6) is 0. The van der Waals surface area contributed by atoms with Crippen LogP contribution in [-0.4, -0.2) is 39.5 Å². The lowest BCUT2D eigenvalue weighted by molar-refractivity contribution is 0.000820. The zero-order chi connectivity index (χ0) is 10.1. The van der Waals surface area contributed by atoms with Gasteiger partial charge in [-0.1, -0.05) is 0 Å². The molecule has 0 bridgehead atoms. The third-order valence-corrected chi connectivity index (χ3v) is 2.64. The van der Waals surface area contributed by atoms with Crippen molar-refractivity contribution in [2.75, 3.05) is 33.4 Å². The van der Waals surface area contributed by atoms with E-state index >= 15 is 0 Å². The largest absolute Gasteiger partial charge is 0.383 e. The summed E-state index contributed by atoms with van der Waals surface area (Å²) in [6.45, 7) is 3.78. The van der Waals surface area contributed by atoms with Gasteiger partial charge >= 0.3 is 0 Å². The smallest absolute Gasteiger partial charge is 0.0587 e. The Bertz CT molecular complexity index is 126. The lowest BCUT2D eigenvalue weighted by Gasteiger charge is -2.25. The number of ether oxygens (including phenoxy) is 2. The van der Waals surface area contributed by atoms with Crippen LogP contribution in [0.25, 0.3) is 0 Å². The van der Waals surface area contributed by atoms with Crippen LogP contribution in [-0.2, 0) is 9.47 Å². The molecule has 0 spiro atoms. The Labute approximate surface area is 87.2 Å². The molecule has 1 aliphatic carbocycles. The Morgan fingerprint density at radius 1 is 1.14 bits per heavy atom. The standard InChI is InChI=1S/C11H23NO2/c1-13-10-8-12-7-2-3-9-14-11-5-4-6-11/h11-12H,2-10H2,1H3. The van der Waals surface area contributed by atoms with Crippen LogP contribution in [0.3, 0.4) is 0 Å². The summed E-state index contributed by atoms with van der Waals surface area (Å²) in [7, 11) is 1.73. The molecule has 0 atom stereocenters. The molecule has 0 aromatic heterocycles. The second-order valence-electron chi connectivity index (χ2n) is 3.87. The molecule has 0 aliphatic heterocycles. The van der Waals surface area contributed by atoms with E-state index < -0.39 is 0 Å². The fourth-order valence-corrected chi connectivity index (χ4v) is 1.44. The number of hydrogen-bond donors (Lipinski definition) is 1. The van der Waals surface area contributed by atoms with E-state index in [0.29, 0.717) is 6.10 Å². The molecule has 0 radical (unpaired) electrons. The molecule has 0 saturated heterocycles. The van der Waals surface area contributed by atoms with Gasteiger partial charge in [0.05, 0.1) is 12.7 Å². The summed E-state index contributed by atoms with van der Waals surface area (Å²) in [5, 5.41) is 3.32. The SMILES string of the molecule is COCCNCCCCOC1CCC1. The summed E-state index contributed by atoms with van der Waals surface area (Å²) in [5.41, 5.74) is 0. The third-order valence-electron chi connectivity index (χ3n) is 2.64. The minimum atomic E-state index is 0.594. The molecule has 0 aromatic rings. The van der Waals surface area contributed by atoms with Crippen molar-refractivity contribution in [3.8, 4) is 0 Å². The van der Waals surface area contributed by atoms with Crippen molar-refractivity contribution in [2.24, 2.45) is 0 Å². The first-order valence-corrected chi connectivity index (χ1v) is 5.74. The molecule has 1 aliphatic rings. The number of unbranched alkanes of at least 4 members (excludes halogenated alkanes) is 1. The number of rotatable bonds is 9. The van der Waals surface area contributed by atoms with Gasteiger partial charge in [-0.3, -0.25) is 0 Å². The van der Waals surface area contributed by atoms with Crippen LogP contribution in [0, 0.1) is 0 Å². The second kappa shape index (κ2) is 8.21. The average molecular weight is 201 g/mol. The van der Waals surface area contributed by atoms with Gasteiger partial charge in [0.15, 0.2) is 0 Å². The van der Waals surface area contributed by atoms with Crippen molar-refractivity contribution in [3.63, 3.8) is 0 Å². The Kier molecular flexibility index (Phi) is 7.01. The highest BCUT2D eigenvalue weighted by Gasteiger charge is 2.16. The molecule has 0 amide bonds. The van der Waals surface area contributed by atoms with E-state index in [1.807, 2.05) is 0 Å². The fourth-order valence-electron chi connectivity index (χ4n) is 1.44. The van der Waals surface area contributed by atoms with Gasteiger partial charge in [0.25, 0.3) is 0 Å². The number of nitrogens with one attached hydrogen (secondary N) is 1. The minimum Gasteiger partial charge on any atom is -0.383 e. The Hall–Kier alpha value is -0.120. The van der Waals surface area contributed by atoms with E-state index in [9.17, 15) is 0 Å². The zero-order valence-electron chi connectivity index (χ0n) is 9.26. The Morgan fingerprint density at radius 3 is 2.64 bits per heavy atom. The van der Waals surface area contributed by atoms with Crippen molar-refractivity contribution in [2.45, 2.75) is 38.2 Å². The molecule has 3 heteroatoms. The molecule has 1 fully saturated rings. The maximum absolute atomic E-state index is 5.65. The highest BCUT2D eigenvalue weighted by Crippen LogP contribution is 2.21. The van der Waals surface area contributed by atoms with Crippen LogP contribution in [0.5, 0.6) is 0 Å². The molecule has 0 heterocycles. The van der Waals surface area contributed by atoms with Crippen molar-refractivity contribution < 1.29 is 9.47 Å². The molecular weight excluding hydrogens is 178 g/mol. The van der Waals surface area contributed by atoms with Gasteiger partial charge < -0.3 is 14.8 Å². The zero-order valence-corrected chi connectivity index (χ0v) is 9.26. The first-order valence-electron chi connectivity index (χ1n) is 5.74. The predicted molar refractivity (Wildman–Crippen MR) is 57.6 cm³/mol. The maximum atomic E-state index is 5.65. The number of hydrogen-bond acceptors (Lipinski definition) is 3. The highest BCUT2D eigenvalue weighted by atomic mass is 16.5. The summed E-state index contributed by atoms with van der Waals surface area (Å²) < 4.78 is 10.6. The van der Waals surface area contributed by atoms with Gasteiger partial charge in [-0.2, -0.15) is 0 Å². The summed E-state index contributed by atoms with van der Waals surface area (Å²) in [6, 6.07) is 0. The molecule has 1 saturated carbocycles. The quantitative estimate of drug-likeness (QED) is 0.574. The topological polar surface area (TPSA) is 30.5 Å². The van der Waals surface area contributed by atoms with Crippen LogP contribution >= 0.6 is 0 Å². The van der Waals surface area contributed by atoms with Crippen molar-refractivity contribution >= 4 is 0 Å². The van der Waals surface area contributed by atoms with Crippen LogP contribution in [0.4, 0.5) is 0 Å². The predicted octanol–water partition coefficient (Wildman–Crippen LogP) is 1.57. The fraction of sp³-hybridized carbons (Fsp3) is 1.00. The van der Waals surface area contributed by atoms with E-state index in [0.717, 1.165) is 26.3 Å². The lowest BCUT2D eigenvalue weighted by atomic mass is 9.96. The van der Waals surface area contributed by atoms with E-state index in [2.05, 4.69) is 5.32 Å². The Morgan fingerprint density at radius 2 is 2.00 bits per heavy atom. The summed E-state index contributed by atoms with van der Waals surface area (Å²) in [6.07, 6.45) is 6.91. The van der Waals surface area contributed by atoms with Crippen LogP contribution in [0.15, 0.2) is 0 Å². The monoisotopic (exact) mass is 201 g/mol.